The zero-order valence-electron chi connectivity index (χ0n) is 16.2. The van der Waals surface area contributed by atoms with Gasteiger partial charge in [0.15, 0.2) is 0 Å². The van der Waals surface area contributed by atoms with Crippen LogP contribution in [0.2, 0.25) is 0 Å². The van der Waals surface area contributed by atoms with E-state index in [4.69, 9.17) is 5.84 Å². The molecule has 0 aromatic heterocycles. The second-order valence-electron chi connectivity index (χ2n) is 7.25. The van der Waals surface area contributed by atoms with Crippen LogP contribution in [-0.4, -0.2) is 38.0 Å². The Morgan fingerprint density at radius 1 is 1.07 bits per heavy atom. The van der Waals surface area contributed by atoms with Gasteiger partial charge in [-0.3, -0.25) is 4.79 Å². The van der Waals surface area contributed by atoms with Crippen molar-refractivity contribution in [3.05, 3.63) is 77.9 Å². The predicted molar refractivity (Wildman–Crippen MR) is 116 cm³/mol. The Balaban J connectivity index is 1.47. The summed E-state index contributed by atoms with van der Waals surface area (Å²) in [5.41, 5.74) is 1.77. The normalized spacial score (nSPS) is 17.3. The van der Waals surface area contributed by atoms with Crippen molar-refractivity contribution >= 4 is 32.9 Å². The first kappa shape index (κ1) is 20.1. The van der Waals surface area contributed by atoms with Crippen LogP contribution in [-0.2, 0) is 21.4 Å². The summed E-state index contributed by atoms with van der Waals surface area (Å²) >= 11 is 0. The summed E-state index contributed by atoms with van der Waals surface area (Å²) in [6, 6.07) is 19.3. The van der Waals surface area contributed by atoms with Gasteiger partial charge < -0.3 is 10.7 Å². The maximum atomic E-state index is 12.9. The van der Waals surface area contributed by atoms with Crippen LogP contribution in [0.1, 0.15) is 17.5 Å². The molecule has 154 valence electrons. The summed E-state index contributed by atoms with van der Waals surface area (Å²) in [7, 11) is -3.81. The summed E-state index contributed by atoms with van der Waals surface area (Å²) in [6.07, 6.45) is 1.96. The molecule has 0 spiro atoms. The number of rotatable bonds is 6. The Morgan fingerprint density at radius 2 is 1.87 bits per heavy atom. The second-order valence-corrected chi connectivity index (χ2v) is 8.97. The minimum absolute atomic E-state index is 0.154. The van der Waals surface area contributed by atoms with Gasteiger partial charge in [-0.1, -0.05) is 48.5 Å². The van der Waals surface area contributed by atoms with E-state index in [9.17, 15) is 13.2 Å². The van der Waals surface area contributed by atoms with Crippen molar-refractivity contribution in [3.8, 4) is 0 Å². The molecule has 1 aliphatic heterocycles. The summed E-state index contributed by atoms with van der Waals surface area (Å²) in [6.45, 7) is 0.887. The van der Waals surface area contributed by atoms with Crippen LogP contribution in [0.3, 0.4) is 0 Å². The van der Waals surface area contributed by atoms with Gasteiger partial charge in [0.1, 0.15) is 6.04 Å². The molecule has 0 bridgehead atoms. The van der Waals surface area contributed by atoms with Gasteiger partial charge in [0.25, 0.3) is 0 Å². The molecule has 1 saturated heterocycles. The number of hydrogen-bond donors (Lipinski definition) is 2. The molecule has 3 aromatic rings. The Labute approximate surface area is 175 Å². The molecule has 7 nitrogen and oxygen atoms in total. The number of nitrogens with zero attached hydrogens (tertiary/aromatic N) is 2. The average Bonchev–Trinajstić information content (AvgIpc) is 3.07. The van der Waals surface area contributed by atoms with Gasteiger partial charge in [0.05, 0.1) is 11.1 Å². The number of nitrogens with one attached hydrogen (secondary N) is 1. The van der Waals surface area contributed by atoms with Crippen molar-refractivity contribution in [2.75, 3.05) is 6.54 Å². The second kappa shape index (κ2) is 8.25. The smallest absolute Gasteiger partial charge is 0.241 e. The topological polar surface area (TPSA) is 105 Å². The molecule has 1 amide bonds. The van der Waals surface area contributed by atoms with Gasteiger partial charge in [0, 0.05) is 13.1 Å². The maximum Gasteiger partial charge on any atom is 0.241 e. The lowest BCUT2D eigenvalue weighted by Crippen LogP contribution is -2.41. The molecule has 3 N–H and O–H groups in total. The molecule has 1 atom stereocenters. The van der Waals surface area contributed by atoms with Crippen LogP contribution in [0.5, 0.6) is 0 Å². The molecule has 3 aromatic carbocycles. The lowest BCUT2D eigenvalue weighted by molar-refractivity contribution is -0.129. The van der Waals surface area contributed by atoms with Crippen molar-refractivity contribution in [1.82, 2.24) is 9.62 Å². The number of nitrogens with two attached hydrogens (primary N) is 1. The standard InChI is InChI=1S/C22H22N4O3S/c23-24-14-16-4-3-5-17(12-16)15-26-11-10-21(22(26)27)25-30(28,29)20-9-8-18-6-1-2-7-19(18)13-20/h1-9,12-14,21,25H,10-11,15,23H2/t21-/m0/s1. The molecule has 30 heavy (non-hydrogen) atoms. The first-order valence-electron chi connectivity index (χ1n) is 9.58. The molecule has 8 heteroatoms. The molecule has 0 radical (unpaired) electrons. The summed E-state index contributed by atoms with van der Waals surface area (Å²) in [5, 5.41) is 5.31. The number of sulfonamides is 1. The SMILES string of the molecule is NN=Cc1cccc(CN2CC[C@H](NS(=O)(=O)c3ccc4ccccc4c3)C2=O)c1. The van der Waals surface area contributed by atoms with Crippen LogP contribution in [0.15, 0.2) is 76.7 Å². The zero-order valence-corrected chi connectivity index (χ0v) is 17.0. The quantitative estimate of drug-likeness (QED) is 0.361. The Bertz CT molecular complexity index is 1220. The fourth-order valence-electron chi connectivity index (χ4n) is 3.67. The molecule has 1 heterocycles. The van der Waals surface area contributed by atoms with Crippen LogP contribution in [0, 0.1) is 0 Å². The van der Waals surface area contributed by atoms with E-state index in [0.29, 0.717) is 19.5 Å². The third-order valence-corrected chi connectivity index (χ3v) is 6.64. The van der Waals surface area contributed by atoms with Gasteiger partial charge >= 0.3 is 0 Å². The Hall–Kier alpha value is -3.23. The average molecular weight is 423 g/mol. The molecule has 0 unspecified atom stereocenters. The van der Waals surface area contributed by atoms with E-state index in [1.165, 1.54) is 6.21 Å². The highest BCUT2D eigenvalue weighted by atomic mass is 32.2. The monoisotopic (exact) mass is 422 g/mol. The molecule has 0 aliphatic carbocycles. The first-order chi connectivity index (χ1) is 14.5. The van der Waals surface area contributed by atoms with Gasteiger partial charge in [-0.15, -0.1) is 0 Å². The lowest BCUT2D eigenvalue weighted by Gasteiger charge is -2.17. The summed E-state index contributed by atoms with van der Waals surface area (Å²) in [5.74, 6) is 4.97. The third-order valence-electron chi connectivity index (χ3n) is 5.17. The molecule has 0 saturated carbocycles. The van der Waals surface area contributed by atoms with Crippen molar-refractivity contribution in [1.29, 1.82) is 0 Å². The zero-order chi connectivity index (χ0) is 21.1. The summed E-state index contributed by atoms with van der Waals surface area (Å²) < 4.78 is 28.3. The van der Waals surface area contributed by atoms with Gasteiger partial charge in [-0.25, -0.2) is 8.42 Å². The van der Waals surface area contributed by atoms with Gasteiger partial charge in [-0.05, 0) is 46.5 Å². The van der Waals surface area contributed by atoms with Crippen molar-refractivity contribution in [2.24, 2.45) is 10.9 Å². The van der Waals surface area contributed by atoms with Crippen molar-refractivity contribution in [2.45, 2.75) is 23.9 Å². The highest BCUT2D eigenvalue weighted by Crippen LogP contribution is 2.21. The molecular formula is C22H22N4O3S. The highest BCUT2D eigenvalue weighted by Gasteiger charge is 2.34. The number of hydrogen-bond acceptors (Lipinski definition) is 5. The number of likely N-dealkylation sites (tertiary alicyclic amines) is 1. The highest BCUT2D eigenvalue weighted by molar-refractivity contribution is 7.89. The van der Waals surface area contributed by atoms with E-state index in [2.05, 4.69) is 9.82 Å². The number of carbonyl (C=O) groups excluding carboxylic acids is 1. The Morgan fingerprint density at radius 3 is 2.67 bits per heavy atom. The third kappa shape index (κ3) is 4.19. The minimum atomic E-state index is -3.81. The molecule has 1 fully saturated rings. The number of carbonyl (C=O) groups is 1. The van der Waals surface area contributed by atoms with Crippen LogP contribution in [0.4, 0.5) is 0 Å². The molecular weight excluding hydrogens is 400 g/mol. The van der Waals surface area contributed by atoms with E-state index < -0.39 is 16.1 Å². The number of hydrazone groups is 1. The van der Waals surface area contributed by atoms with Crippen LogP contribution < -0.4 is 10.6 Å². The fourth-order valence-corrected chi connectivity index (χ4v) is 4.93. The lowest BCUT2D eigenvalue weighted by atomic mass is 10.1. The fraction of sp³-hybridized carbons (Fsp3) is 0.182. The van der Waals surface area contributed by atoms with Crippen molar-refractivity contribution in [3.63, 3.8) is 0 Å². The van der Waals surface area contributed by atoms with Gasteiger partial charge in [-0.2, -0.15) is 9.82 Å². The van der Waals surface area contributed by atoms with E-state index in [1.54, 1.807) is 23.1 Å². The van der Waals surface area contributed by atoms with E-state index in [1.807, 2.05) is 48.5 Å². The van der Waals surface area contributed by atoms with E-state index in [0.717, 1.165) is 21.9 Å². The number of amides is 1. The maximum absolute atomic E-state index is 12.9. The number of fused-ring (bicyclic) bond motifs is 1. The number of benzene rings is 3. The predicted octanol–water partition coefficient (Wildman–Crippen LogP) is 2.21. The first-order valence-corrected chi connectivity index (χ1v) is 11.1. The van der Waals surface area contributed by atoms with Crippen LogP contribution in [0.25, 0.3) is 10.8 Å². The molecule has 1 aliphatic rings. The minimum Gasteiger partial charge on any atom is -0.337 e. The largest absolute Gasteiger partial charge is 0.337 e. The van der Waals surface area contributed by atoms with Gasteiger partial charge in [0.2, 0.25) is 15.9 Å². The Kier molecular flexibility index (Phi) is 5.52. The van der Waals surface area contributed by atoms with E-state index >= 15 is 0 Å². The molecule has 4 rings (SSSR count). The van der Waals surface area contributed by atoms with E-state index in [-0.39, 0.29) is 10.8 Å². The van der Waals surface area contributed by atoms with Crippen molar-refractivity contribution < 1.29 is 13.2 Å². The summed E-state index contributed by atoms with van der Waals surface area (Å²) in [4.78, 5) is 14.6. The van der Waals surface area contributed by atoms with Crippen LogP contribution >= 0.6 is 0 Å².